The summed E-state index contributed by atoms with van der Waals surface area (Å²) in [7, 11) is 1.69. The molecule has 1 N–H and O–H groups in total. The van der Waals surface area contributed by atoms with E-state index in [9.17, 15) is 5.11 Å². The summed E-state index contributed by atoms with van der Waals surface area (Å²) in [5.74, 6) is 1.95. The van der Waals surface area contributed by atoms with Crippen molar-refractivity contribution in [3.63, 3.8) is 0 Å². The van der Waals surface area contributed by atoms with Gasteiger partial charge in [-0.2, -0.15) is 0 Å². The number of hydrogen-bond donors (Lipinski definition) is 1. The topological polar surface area (TPSA) is 48.8 Å². The quantitative estimate of drug-likeness (QED) is 0.800. The minimum Gasteiger partial charge on any atom is -0.496 e. The molecule has 1 aromatic carbocycles. The van der Waals surface area contributed by atoms with Gasteiger partial charge in [-0.05, 0) is 30.5 Å². The van der Waals surface area contributed by atoms with Crippen molar-refractivity contribution in [2.24, 2.45) is 0 Å². The molecule has 0 saturated carbocycles. The smallest absolute Gasteiger partial charge is 0.128 e. The number of pyridine rings is 1. The number of nitrogens with zero attached hydrogens (tertiary/aromatic N) is 3. The SMILES string of the molecule is COc1ccccc1CN(CCO)Cc1ccc(N2CCCC2)nc1. The van der Waals surface area contributed by atoms with E-state index in [0.29, 0.717) is 6.54 Å². The molecule has 2 heterocycles. The fourth-order valence-electron chi connectivity index (χ4n) is 3.33. The lowest BCUT2D eigenvalue weighted by Crippen LogP contribution is -2.26. The van der Waals surface area contributed by atoms with Gasteiger partial charge in [0.2, 0.25) is 0 Å². The van der Waals surface area contributed by atoms with Gasteiger partial charge in [0.1, 0.15) is 11.6 Å². The van der Waals surface area contributed by atoms with Crippen molar-refractivity contribution < 1.29 is 9.84 Å². The molecule has 5 nitrogen and oxygen atoms in total. The first-order valence-electron chi connectivity index (χ1n) is 8.95. The minimum atomic E-state index is 0.133. The Kier molecular flexibility index (Phi) is 6.25. The fraction of sp³-hybridized carbons (Fsp3) is 0.450. The predicted molar refractivity (Wildman–Crippen MR) is 99.9 cm³/mol. The van der Waals surface area contributed by atoms with Crippen molar-refractivity contribution in [2.75, 3.05) is 38.3 Å². The standard InChI is InChI=1S/C20H27N3O2/c1-25-19-7-3-2-6-18(19)16-22(12-13-24)15-17-8-9-20(21-14-17)23-10-4-5-11-23/h2-3,6-9,14,24H,4-5,10-13,15-16H2,1H3. The van der Waals surface area contributed by atoms with E-state index < -0.39 is 0 Å². The third-order valence-corrected chi connectivity index (χ3v) is 4.65. The molecule has 1 fully saturated rings. The first kappa shape index (κ1) is 17.7. The van der Waals surface area contributed by atoms with E-state index in [-0.39, 0.29) is 6.61 Å². The van der Waals surface area contributed by atoms with E-state index in [0.717, 1.165) is 48.9 Å². The molecule has 0 radical (unpaired) electrons. The van der Waals surface area contributed by atoms with Crippen LogP contribution in [0.25, 0.3) is 0 Å². The molecule has 0 aliphatic carbocycles. The number of para-hydroxylation sites is 1. The van der Waals surface area contributed by atoms with Crippen molar-refractivity contribution in [3.05, 3.63) is 53.7 Å². The van der Waals surface area contributed by atoms with Crippen molar-refractivity contribution >= 4 is 5.82 Å². The highest BCUT2D eigenvalue weighted by atomic mass is 16.5. The van der Waals surface area contributed by atoms with Crippen molar-refractivity contribution in [3.8, 4) is 5.75 Å². The Hall–Kier alpha value is -2.11. The van der Waals surface area contributed by atoms with E-state index in [1.165, 1.54) is 12.8 Å². The normalized spacial score (nSPS) is 14.3. The molecule has 1 aromatic heterocycles. The van der Waals surface area contributed by atoms with Crippen LogP contribution in [0.1, 0.15) is 24.0 Å². The number of aliphatic hydroxyl groups excluding tert-OH is 1. The average Bonchev–Trinajstić information content (AvgIpc) is 3.18. The van der Waals surface area contributed by atoms with Crippen LogP contribution in [-0.2, 0) is 13.1 Å². The molecule has 0 atom stereocenters. The maximum Gasteiger partial charge on any atom is 0.128 e. The Balaban J connectivity index is 1.66. The second kappa shape index (κ2) is 8.83. The van der Waals surface area contributed by atoms with E-state index in [4.69, 9.17) is 4.74 Å². The highest BCUT2D eigenvalue weighted by Crippen LogP contribution is 2.21. The molecule has 3 rings (SSSR count). The number of ether oxygens (including phenoxy) is 1. The van der Waals surface area contributed by atoms with E-state index in [1.807, 2.05) is 24.4 Å². The second-order valence-electron chi connectivity index (χ2n) is 6.46. The number of benzene rings is 1. The maximum absolute atomic E-state index is 9.41. The van der Waals surface area contributed by atoms with Crippen LogP contribution in [-0.4, -0.2) is 48.3 Å². The monoisotopic (exact) mass is 341 g/mol. The molecular weight excluding hydrogens is 314 g/mol. The molecule has 1 saturated heterocycles. The van der Waals surface area contributed by atoms with Crippen LogP contribution >= 0.6 is 0 Å². The molecular formula is C20H27N3O2. The number of rotatable bonds is 8. The maximum atomic E-state index is 9.41. The number of methoxy groups -OCH3 is 1. The highest BCUT2D eigenvalue weighted by molar-refractivity contribution is 5.40. The average molecular weight is 341 g/mol. The van der Waals surface area contributed by atoms with Gasteiger partial charge in [0.15, 0.2) is 0 Å². The summed E-state index contributed by atoms with van der Waals surface area (Å²) in [5.41, 5.74) is 2.28. The summed E-state index contributed by atoms with van der Waals surface area (Å²) < 4.78 is 5.44. The molecule has 134 valence electrons. The Morgan fingerprint density at radius 1 is 1.12 bits per heavy atom. The Labute approximate surface area is 149 Å². The molecule has 1 aliphatic heterocycles. The van der Waals surface area contributed by atoms with Crippen LogP contribution < -0.4 is 9.64 Å². The molecule has 0 amide bonds. The third-order valence-electron chi connectivity index (χ3n) is 4.65. The summed E-state index contributed by atoms with van der Waals surface area (Å²) in [6, 6.07) is 12.3. The van der Waals surface area contributed by atoms with Crippen LogP contribution in [0.15, 0.2) is 42.6 Å². The van der Waals surface area contributed by atoms with Gasteiger partial charge in [-0.1, -0.05) is 24.3 Å². The van der Waals surface area contributed by atoms with Crippen molar-refractivity contribution in [1.82, 2.24) is 9.88 Å². The van der Waals surface area contributed by atoms with Gasteiger partial charge in [0, 0.05) is 44.5 Å². The Bertz CT molecular complexity index is 654. The zero-order chi connectivity index (χ0) is 17.5. The van der Waals surface area contributed by atoms with Crippen molar-refractivity contribution in [2.45, 2.75) is 25.9 Å². The van der Waals surface area contributed by atoms with Gasteiger partial charge in [-0.3, -0.25) is 4.90 Å². The van der Waals surface area contributed by atoms with Crippen LogP contribution in [0.2, 0.25) is 0 Å². The minimum absolute atomic E-state index is 0.133. The Morgan fingerprint density at radius 3 is 2.60 bits per heavy atom. The molecule has 2 aromatic rings. The highest BCUT2D eigenvalue weighted by Gasteiger charge is 2.14. The fourth-order valence-corrected chi connectivity index (χ4v) is 3.33. The van der Waals surface area contributed by atoms with Crippen LogP contribution in [0.4, 0.5) is 5.82 Å². The lowest BCUT2D eigenvalue weighted by molar-refractivity contribution is 0.183. The third kappa shape index (κ3) is 4.71. The number of aliphatic hydroxyl groups is 1. The number of hydrogen-bond acceptors (Lipinski definition) is 5. The zero-order valence-corrected chi connectivity index (χ0v) is 14.9. The van der Waals surface area contributed by atoms with E-state index in [2.05, 4.69) is 33.0 Å². The van der Waals surface area contributed by atoms with Gasteiger partial charge in [0.05, 0.1) is 13.7 Å². The van der Waals surface area contributed by atoms with Gasteiger partial charge in [-0.25, -0.2) is 4.98 Å². The summed E-state index contributed by atoms with van der Waals surface area (Å²) in [5, 5.41) is 9.41. The largest absolute Gasteiger partial charge is 0.496 e. The Morgan fingerprint density at radius 2 is 1.92 bits per heavy atom. The molecule has 0 spiro atoms. The zero-order valence-electron chi connectivity index (χ0n) is 14.9. The first-order chi connectivity index (χ1) is 12.3. The lowest BCUT2D eigenvalue weighted by Gasteiger charge is -2.23. The molecule has 25 heavy (non-hydrogen) atoms. The van der Waals surface area contributed by atoms with Crippen LogP contribution in [0.5, 0.6) is 5.75 Å². The second-order valence-corrected chi connectivity index (χ2v) is 6.46. The van der Waals surface area contributed by atoms with Gasteiger partial charge >= 0.3 is 0 Å². The lowest BCUT2D eigenvalue weighted by atomic mass is 10.1. The molecule has 1 aliphatic rings. The summed E-state index contributed by atoms with van der Waals surface area (Å²) in [6.07, 6.45) is 4.47. The van der Waals surface area contributed by atoms with Crippen LogP contribution in [0, 0.1) is 0 Å². The predicted octanol–water partition coefficient (Wildman–Crippen LogP) is 2.68. The summed E-state index contributed by atoms with van der Waals surface area (Å²) >= 11 is 0. The number of anilines is 1. The van der Waals surface area contributed by atoms with Gasteiger partial charge in [0.25, 0.3) is 0 Å². The molecule has 0 unspecified atom stereocenters. The summed E-state index contributed by atoms with van der Waals surface area (Å²) in [6.45, 7) is 4.46. The van der Waals surface area contributed by atoms with Gasteiger partial charge in [-0.15, -0.1) is 0 Å². The number of aromatic nitrogens is 1. The van der Waals surface area contributed by atoms with E-state index >= 15 is 0 Å². The van der Waals surface area contributed by atoms with Gasteiger partial charge < -0.3 is 14.7 Å². The van der Waals surface area contributed by atoms with Crippen LogP contribution in [0.3, 0.4) is 0 Å². The van der Waals surface area contributed by atoms with E-state index in [1.54, 1.807) is 7.11 Å². The molecule has 0 bridgehead atoms. The first-order valence-corrected chi connectivity index (χ1v) is 8.95. The van der Waals surface area contributed by atoms with Crippen molar-refractivity contribution in [1.29, 1.82) is 0 Å². The summed E-state index contributed by atoms with van der Waals surface area (Å²) in [4.78, 5) is 9.18. The molecule has 5 heteroatoms.